The molecule has 0 fully saturated rings. The van der Waals surface area contributed by atoms with Crippen LogP contribution in [0.15, 0.2) is 0 Å². The van der Waals surface area contributed by atoms with Crippen molar-refractivity contribution in [1.29, 1.82) is 0 Å². The Hall–Kier alpha value is -1.02. The van der Waals surface area contributed by atoms with Crippen LogP contribution in [0.2, 0.25) is 0 Å². The summed E-state index contributed by atoms with van der Waals surface area (Å²) in [5.74, 6) is -0.645. The highest BCUT2D eigenvalue weighted by Crippen LogP contribution is 2.10. The molecule has 0 aromatic heterocycles. The number of aldehydes is 1. The third-order valence-electron chi connectivity index (χ3n) is 3.15. The third kappa shape index (κ3) is 8.11. The lowest BCUT2D eigenvalue weighted by molar-refractivity contribution is -0.168. The van der Waals surface area contributed by atoms with Gasteiger partial charge >= 0.3 is 5.97 Å². The van der Waals surface area contributed by atoms with Gasteiger partial charge in [0, 0.05) is 6.42 Å². The van der Waals surface area contributed by atoms with Crippen LogP contribution in [-0.4, -0.2) is 63.7 Å². The van der Waals surface area contributed by atoms with Gasteiger partial charge in [-0.2, -0.15) is 0 Å². The second kappa shape index (κ2) is 11.6. The van der Waals surface area contributed by atoms with Crippen LogP contribution in [0, 0.1) is 0 Å². The fraction of sp³-hybridized carbons (Fsp3) is 0.857. The van der Waals surface area contributed by atoms with Crippen LogP contribution in [0.25, 0.3) is 0 Å². The van der Waals surface area contributed by atoms with E-state index < -0.39 is 37.0 Å². The lowest BCUT2D eigenvalue weighted by Crippen LogP contribution is -2.48. The zero-order chi connectivity index (χ0) is 16.3. The van der Waals surface area contributed by atoms with Gasteiger partial charge in [-0.3, -0.25) is 9.59 Å². The summed E-state index contributed by atoms with van der Waals surface area (Å²) in [6.07, 6.45) is -1.72. The highest BCUT2D eigenvalue weighted by Gasteiger charge is 2.33. The van der Waals surface area contributed by atoms with E-state index >= 15 is 0 Å². The van der Waals surface area contributed by atoms with Crippen LogP contribution in [0.3, 0.4) is 0 Å². The molecule has 124 valence electrons. The van der Waals surface area contributed by atoms with Crippen molar-refractivity contribution in [1.82, 2.24) is 0 Å². The van der Waals surface area contributed by atoms with Gasteiger partial charge < -0.3 is 25.2 Å². The number of unbranched alkanes of at least 4 members (excludes halogenated alkanes) is 4. The highest BCUT2D eigenvalue weighted by molar-refractivity contribution is 5.72. The Morgan fingerprint density at radius 2 is 1.71 bits per heavy atom. The van der Waals surface area contributed by atoms with Crippen molar-refractivity contribution in [2.75, 3.05) is 6.61 Å². The van der Waals surface area contributed by atoms with E-state index in [1.807, 2.05) is 0 Å². The first-order valence-electron chi connectivity index (χ1n) is 7.27. The summed E-state index contributed by atoms with van der Waals surface area (Å²) in [5, 5.41) is 36.9. The van der Waals surface area contributed by atoms with Crippen LogP contribution in [0.4, 0.5) is 0 Å². The maximum Gasteiger partial charge on any atom is 0.306 e. The maximum absolute atomic E-state index is 11.5. The summed E-state index contributed by atoms with van der Waals surface area (Å²) in [6, 6.07) is 0. The molecule has 21 heavy (non-hydrogen) atoms. The predicted octanol–water partition coefficient (Wildman–Crippen LogP) is -0.467. The zero-order valence-electron chi connectivity index (χ0n) is 12.4. The molecule has 0 aliphatic carbocycles. The van der Waals surface area contributed by atoms with Crippen LogP contribution in [0.1, 0.15) is 45.4 Å². The summed E-state index contributed by atoms with van der Waals surface area (Å²) >= 11 is 0. The molecule has 0 aliphatic rings. The molecule has 0 rings (SSSR count). The molecule has 0 heterocycles. The van der Waals surface area contributed by atoms with Crippen molar-refractivity contribution in [3.63, 3.8) is 0 Å². The van der Waals surface area contributed by atoms with Crippen molar-refractivity contribution in [2.45, 2.75) is 69.9 Å². The Morgan fingerprint density at radius 1 is 1.10 bits per heavy atom. The zero-order valence-corrected chi connectivity index (χ0v) is 12.4. The minimum Gasteiger partial charge on any atom is -0.452 e. The molecule has 7 nitrogen and oxygen atoms in total. The van der Waals surface area contributed by atoms with E-state index in [-0.39, 0.29) is 12.7 Å². The average molecular weight is 306 g/mol. The number of ether oxygens (including phenoxy) is 1. The molecule has 0 aliphatic heterocycles. The number of aliphatic hydroxyl groups excluding tert-OH is 4. The van der Waals surface area contributed by atoms with Gasteiger partial charge in [0.1, 0.15) is 18.3 Å². The number of rotatable bonds is 12. The predicted molar refractivity (Wildman–Crippen MR) is 74.4 cm³/mol. The number of hydrogen-bond donors (Lipinski definition) is 4. The van der Waals surface area contributed by atoms with Crippen molar-refractivity contribution >= 4 is 12.3 Å². The van der Waals surface area contributed by atoms with Gasteiger partial charge in [0.25, 0.3) is 0 Å². The average Bonchev–Trinajstić information content (AvgIpc) is 2.50. The van der Waals surface area contributed by atoms with E-state index in [0.717, 1.165) is 25.7 Å². The number of hydrogen-bond acceptors (Lipinski definition) is 7. The molecular weight excluding hydrogens is 280 g/mol. The fourth-order valence-corrected chi connectivity index (χ4v) is 1.79. The van der Waals surface area contributed by atoms with E-state index in [1.165, 1.54) is 0 Å². The number of carbonyl (C=O) groups is 2. The number of aliphatic hydroxyl groups is 4. The first-order valence-corrected chi connectivity index (χ1v) is 7.27. The molecule has 4 N–H and O–H groups in total. The summed E-state index contributed by atoms with van der Waals surface area (Å²) in [6.45, 7) is 1.30. The first kappa shape index (κ1) is 20.0. The van der Waals surface area contributed by atoms with Crippen molar-refractivity contribution in [2.24, 2.45) is 0 Å². The normalized spacial score (nSPS) is 16.8. The molecule has 0 radical (unpaired) electrons. The highest BCUT2D eigenvalue weighted by atomic mass is 16.6. The Bertz CT molecular complexity index is 295. The minimum atomic E-state index is -1.78. The SMILES string of the molecule is CCCCCCCC(=O)O[C@@H](C=O)[C@@H](O)[C@H](O)[C@H](O)CO. The molecule has 0 aromatic rings. The van der Waals surface area contributed by atoms with Gasteiger partial charge in [0.2, 0.25) is 0 Å². The van der Waals surface area contributed by atoms with Gasteiger partial charge in [0.05, 0.1) is 6.61 Å². The van der Waals surface area contributed by atoms with Gasteiger partial charge in [-0.25, -0.2) is 0 Å². The van der Waals surface area contributed by atoms with Crippen LogP contribution in [0.5, 0.6) is 0 Å². The molecule has 4 atom stereocenters. The van der Waals surface area contributed by atoms with Crippen molar-refractivity contribution < 1.29 is 34.8 Å². The molecule has 0 unspecified atom stereocenters. The number of esters is 1. The molecule has 0 aromatic carbocycles. The second-order valence-corrected chi connectivity index (χ2v) is 4.99. The molecule has 0 bridgehead atoms. The molecule has 7 heteroatoms. The van der Waals surface area contributed by atoms with E-state index in [4.69, 9.17) is 9.84 Å². The standard InChI is InChI=1S/C14H26O7/c1-2-3-4-5-6-7-12(18)21-11(9-16)14(20)13(19)10(17)8-15/h9-11,13-15,17,19-20H,2-8H2,1H3/t10-,11+,13-,14-/m1/s1. The van der Waals surface area contributed by atoms with Gasteiger partial charge in [-0.05, 0) is 6.42 Å². The Kier molecular flexibility index (Phi) is 11.1. The lowest BCUT2D eigenvalue weighted by atomic mass is 10.0. The monoisotopic (exact) mass is 306 g/mol. The van der Waals surface area contributed by atoms with E-state index in [2.05, 4.69) is 6.92 Å². The van der Waals surface area contributed by atoms with Crippen molar-refractivity contribution in [3.8, 4) is 0 Å². The summed E-state index contributed by atoms with van der Waals surface area (Å²) in [7, 11) is 0. The summed E-state index contributed by atoms with van der Waals surface area (Å²) in [5.41, 5.74) is 0. The van der Waals surface area contributed by atoms with Gasteiger partial charge in [-0.15, -0.1) is 0 Å². The molecular formula is C14H26O7. The maximum atomic E-state index is 11.5. The summed E-state index contributed by atoms with van der Waals surface area (Å²) < 4.78 is 4.77. The van der Waals surface area contributed by atoms with Gasteiger partial charge in [0.15, 0.2) is 12.4 Å². The Balaban J connectivity index is 4.17. The molecule has 0 saturated heterocycles. The number of carbonyl (C=O) groups excluding carboxylic acids is 2. The van der Waals surface area contributed by atoms with E-state index in [1.54, 1.807) is 0 Å². The molecule has 0 amide bonds. The minimum absolute atomic E-state index is 0.124. The van der Waals surface area contributed by atoms with Crippen LogP contribution >= 0.6 is 0 Å². The second-order valence-electron chi connectivity index (χ2n) is 4.99. The lowest BCUT2D eigenvalue weighted by Gasteiger charge is -2.25. The summed E-state index contributed by atoms with van der Waals surface area (Å²) in [4.78, 5) is 22.3. The quantitative estimate of drug-likeness (QED) is 0.218. The fourth-order valence-electron chi connectivity index (χ4n) is 1.79. The molecule has 0 saturated carbocycles. The van der Waals surface area contributed by atoms with Gasteiger partial charge in [-0.1, -0.05) is 32.6 Å². The van der Waals surface area contributed by atoms with Crippen LogP contribution < -0.4 is 0 Å². The first-order chi connectivity index (χ1) is 9.97. The van der Waals surface area contributed by atoms with Crippen molar-refractivity contribution in [3.05, 3.63) is 0 Å². The largest absolute Gasteiger partial charge is 0.452 e. The van der Waals surface area contributed by atoms with Crippen LogP contribution in [-0.2, 0) is 14.3 Å². The van der Waals surface area contributed by atoms with E-state index in [0.29, 0.717) is 6.42 Å². The topological polar surface area (TPSA) is 124 Å². The van der Waals surface area contributed by atoms with E-state index in [9.17, 15) is 24.9 Å². The Labute approximate surface area is 124 Å². The Morgan fingerprint density at radius 3 is 2.24 bits per heavy atom. The third-order valence-corrected chi connectivity index (χ3v) is 3.15. The molecule has 0 spiro atoms. The smallest absolute Gasteiger partial charge is 0.306 e.